The Bertz CT molecular complexity index is 595. The Labute approximate surface area is 144 Å². The fraction of sp³-hybridized carbons (Fsp3) is 0.650. The first kappa shape index (κ1) is 15.8. The number of carbonyl (C=O) groups excluding carboxylic acids is 1. The third-order valence-corrected chi connectivity index (χ3v) is 6.38. The molecule has 0 aromatic heterocycles. The quantitative estimate of drug-likeness (QED) is 0.851. The first-order valence-corrected chi connectivity index (χ1v) is 9.40. The molecule has 4 rings (SSSR count). The van der Waals surface area contributed by atoms with Crippen LogP contribution in [0.3, 0.4) is 0 Å². The maximum absolute atomic E-state index is 12.7. The summed E-state index contributed by atoms with van der Waals surface area (Å²) in [5.41, 5.74) is 1.14. The smallest absolute Gasteiger partial charge is 0.222 e. The average molecular weight is 328 g/mol. The van der Waals surface area contributed by atoms with Crippen LogP contribution in [0.15, 0.2) is 24.3 Å². The summed E-state index contributed by atoms with van der Waals surface area (Å²) in [6.45, 7) is 3.45. The molecule has 4 heteroatoms. The highest BCUT2D eigenvalue weighted by atomic mass is 16.5. The van der Waals surface area contributed by atoms with Crippen molar-refractivity contribution >= 4 is 11.6 Å². The van der Waals surface area contributed by atoms with Crippen molar-refractivity contribution in [3.8, 4) is 5.75 Å². The van der Waals surface area contributed by atoms with E-state index in [-0.39, 0.29) is 0 Å². The Balaban J connectivity index is 1.32. The molecule has 130 valence electrons. The molecule has 3 aliphatic rings. The average Bonchev–Trinajstić information content (AvgIpc) is 3.25. The summed E-state index contributed by atoms with van der Waals surface area (Å²) < 4.78 is 5.47. The second kappa shape index (κ2) is 6.66. The molecule has 1 aliphatic heterocycles. The molecular weight excluding hydrogens is 300 g/mol. The summed E-state index contributed by atoms with van der Waals surface area (Å²) in [4.78, 5) is 17.1. The van der Waals surface area contributed by atoms with Crippen molar-refractivity contribution in [1.29, 1.82) is 0 Å². The van der Waals surface area contributed by atoms with Crippen LogP contribution in [0.4, 0.5) is 5.69 Å². The van der Waals surface area contributed by atoms with Gasteiger partial charge < -0.3 is 14.5 Å². The van der Waals surface area contributed by atoms with E-state index in [4.69, 9.17) is 4.74 Å². The molecule has 1 amide bonds. The zero-order chi connectivity index (χ0) is 16.5. The molecule has 1 aromatic carbocycles. The number of rotatable bonds is 4. The molecule has 2 aliphatic carbocycles. The second-order valence-electron chi connectivity index (χ2n) is 7.68. The predicted octanol–water partition coefficient (Wildman–Crippen LogP) is 3.17. The normalized spacial score (nSPS) is 29.1. The SMILES string of the molecule is COc1ccccc1N1CCN(C(=O)C[C@@H]2C[C@@H]3CC[C@@H]2C3)CC1. The number of benzene rings is 1. The molecule has 3 fully saturated rings. The van der Waals surface area contributed by atoms with Crippen LogP contribution in [-0.4, -0.2) is 44.1 Å². The van der Waals surface area contributed by atoms with Crippen LogP contribution in [0.2, 0.25) is 0 Å². The molecule has 4 nitrogen and oxygen atoms in total. The number of hydrogen-bond donors (Lipinski definition) is 0. The van der Waals surface area contributed by atoms with Crippen LogP contribution in [-0.2, 0) is 4.79 Å². The highest BCUT2D eigenvalue weighted by molar-refractivity contribution is 5.77. The number of nitrogens with zero attached hydrogens (tertiary/aromatic N) is 2. The van der Waals surface area contributed by atoms with Gasteiger partial charge in [0.25, 0.3) is 0 Å². The lowest BCUT2D eigenvalue weighted by Gasteiger charge is -2.37. The highest BCUT2D eigenvalue weighted by Crippen LogP contribution is 2.49. The lowest BCUT2D eigenvalue weighted by Crippen LogP contribution is -2.49. The van der Waals surface area contributed by atoms with E-state index >= 15 is 0 Å². The lowest BCUT2D eigenvalue weighted by atomic mass is 9.86. The fourth-order valence-electron chi connectivity index (χ4n) is 5.07. The van der Waals surface area contributed by atoms with E-state index in [1.165, 1.54) is 25.7 Å². The van der Waals surface area contributed by atoms with E-state index in [9.17, 15) is 4.79 Å². The van der Waals surface area contributed by atoms with Crippen LogP contribution in [0.5, 0.6) is 5.75 Å². The van der Waals surface area contributed by atoms with Gasteiger partial charge in [-0.25, -0.2) is 0 Å². The number of methoxy groups -OCH3 is 1. The molecule has 0 radical (unpaired) electrons. The minimum Gasteiger partial charge on any atom is -0.495 e. The largest absolute Gasteiger partial charge is 0.495 e. The van der Waals surface area contributed by atoms with Gasteiger partial charge in [-0.3, -0.25) is 4.79 Å². The molecule has 2 saturated carbocycles. The van der Waals surface area contributed by atoms with Crippen LogP contribution >= 0.6 is 0 Å². The van der Waals surface area contributed by atoms with Crippen molar-refractivity contribution in [2.75, 3.05) is 38.2 Å². The van der Waals surface area contributed by atoms with Crippen LogP contribution in [0.25, 0.3) is 0 Å². The van der Waals surface area contributed by atoms with Crippen molar-refractivity contribution in [3.63, 3.8) is 0 Å². The summed E-state index contributed by atoms with van der Waals surface area (Å²) in [5, 5.41) is 0. The maximum atomic E-state index is 12.7. The minimum absolute atomic E-state index is 0.382. The van der Waals surface area contributed by atoms with Gasteiger partial charge in [0, 0.05) is 32.6 Å². The van der Waals surface area contributed by atoms with E-state index in [1.807, 2.05) is 18.2 Å². The van der Waals surface area contributed by atoms with E-state index in [0.717, 1.165) is 55.9 Å². The topological polar surface area (TPSA) is 32.8 Å². The van der Waals surface area contributed by atoms with Gasteiger partial charge in [0.2, 0.25) is 5.91 Å². The Kier molecular flexibility index (Phi) is 4.38. The molecule has 0 N–H and O–H groups in total. The van der Waals surface area contributed by atoms with Gasteiger partial charge >= 0.3 is 0 Å². The van der Waals surface area contributed by atoms with Crippen molar-refractivity contribution in [2.45, 2.75) is 32.1 Å². The third kappa shape index (κ3) is 2.99. The summed E-state index contributed by atoms with van der Waals surface area (Å²) >= 11 is 0. The number of carbonyl (C=O) groups is 1. The molecule has 1 heterocycles. The van der Waals surface area contributed by atoms with Crippen molar-refractivity contribution < 1.29 is 9.53 Å². The second-order valence-corrected chi connectivity index (χ2v) is 7.68. The van der Waals surface area contributed by atoms with Crippen molar-refractivity contribution in [1.82, 2.24) is 4.90 Å². The molecule has 0 unspecified atom stereocenters. The Hall–Kier alpha value is -1.71. The van der Waals surface area contributed by atoms with Crippen LogP contribution in [0, 0.1) is 17.8 Å². The number of anilines is 1. The third-order valence-electron chi connectivity index (χ3n) is 6.38. The maximum Gasteiger partial charge on any atom is 0.222 e. The van der Waals surface area contributed by atoms with E-state index in [1.54, 1.807) is 7.11 Å². The summed E-state index contributed by atoms with van der Waals surface area (Å²) in [7, 11) is 1.72. The zero-order valence-corrected chi connectivity index (χ0v) is 14.6. The first-order valence-electron chi connectivity index (χ1n) is 9.40. The first-order chi connectivity index (χ1) is 11.7. The van der Waals surface area contributed by atoms with E-state index in [2.05, 4.69) is 15.9 Å². The fourth-order valence-corrected chi connectivity index (χ4v) is 5.07. The minimum atomic E-state index is 0.382. The van der Waals surface area contributed by atoms with Gasteiger partial charge in [-0.1, -0.05) is 18.6 Å². The Morgan fingerprint density at radius 1 is 1.12 bits per heavy atom. The zero-order valence-electron chi connectivity index (χ0n) is 14.6. The molecule has 0 spiro atoms. The Morgan fingerprint density at radius 2 is 1.92 bits per heavy atom. The number of piperazine rings is 1. The van der Waals surface area contributed by atoms with Gasteiger partial charge in [0.1, 0.15) is 5.75 Å². The molecule has 2 bridgehead atoms. The standard InChI is InChI=1S/C20H28N2O2/c1-24-19-5-3-2-4-18(19)21-8-10-22(11-9-21)20(23)14-17-13-15-6-7-16(17)12-15/h2-5,15-17H,6-14H2,1H3/t15-,16-,17+/m1/s1. The van der Waals surface area contributed by atoms with Crippen LogP contribution in [0.1, 0.15) is 32.1 Å². The molecule has 3 atom stereocenters. The lowest BCUT2D eigenvalue weighted by molar-refractivity contribution is -0.132. The van der Waals surface area contributed by atoms with Crippen molar-refractivity contribution in [2.24, 2.45) is 17.8 Å². The summed E-state index contributed by atoms with van der Waals surface area (Å²) in [5.74, 6) is 3.74. The summed E-state index contributed by atoms with van der Waals surface area (Å²) in [6, 6.07) is 8.15. The number of para-hydroxylation sites is 2. The molecule has 1 saturated heterocycles. The van der Waals surface area contributed by atoms with Gasteiger partial charge in [0.05, 0.1) is 12.8 Å². The van der Waals surface area contributed by atoms with Gasteiger partial charge in [0.15, 0.2) is 0 Å². The molecule has 24 heavy (non-hydrogen) atoms. The Morgan fingerprint density at radius 3 is 2.58 bits per heavy atom. The van der Waals surface area contributed by atoms with Gasteiger partial charge in [-0.15, -0.1) is 0 Å². The number of hydrogen-bond acceptors (Lipinski definition) is 3. The van der Waals surface area contributed by atoms with Gasteiger partial charge in [-0.05, 0) is 49.1 Å². The van der Waals surface area contributed by atoms with E-state index < -0.39 is 0 Å². The predicted molar refractivity (Wildman–Crippen MR) is 95.3 cm³/mol. The van der Waals surface area contributed by atoms with Gasteiger partial charge in [-0.2, -0.15) is 0 Å². The highest BCUT2D eigenvalue weighted by Gasteiger charge is 2.40. The monoisotopic (exact) mass is 328 g/mol. The molecule has 1 aromatic rings. The number of ether oxygens (including phenoxy) is 1. The number of fused-ring (bicyclic) bond motifs is 2. The van der Waals surface area contributed by atoms with E-state index in [0.29, 0.717) is 11.8 Å². The molecular formula is C20H28N2O2. The van der Waals surface area contributed by atoms with Crippen molar-refractivity contribution in [3.05, 3.63) is 24.3 Å². The van der Waals surface area contributed by atoms with Crippen LogP contribution < -0.4 is 9.64 Å². The summed E-state index contributed by atoms with van der Waals surface area (Å²) in [6.07, 6.45) is 6.25. The number of amides is 1.